The van der Waals surface area contributed by atoms with E-state index in [1.54, 1.807) is 24.3 Å². The summed E-state index contributed by atoms with van der Waals surface area (Å²) in [4.78, 5) is 25.2. The zero-order valence-corrected chi connectivity index (χ0v) is 14.3. The number of ether oxygens (including phenoxy) is 4. The Kier molecular flexibility index (Phi) is 4.53. The van der Waals surface area contributed by atoms with Gasteiger partial charge in [-0.15, -0.1) is 0 Å². The Morgan fingerprint density at radius 1 is 1.23 bits per heavy atom. The lowest BCUT2D eigenvalue weighted by molar-refractivity contribution is -0.385. The number of anilines is 1. The number of carbonyl (C=O) groups excluding carboxylic acids is 1. The molecule has 1 aliphatic rings. The first-order valence-electron chi connectivity index (χ1n) is 7.55. The van der Waals surface area contributed by atoms with Crippen LogP contribution in [-0.2, 0) is 0 Å². The summed E-state index contributed by atoms with van der Waals surface area (Å²) in [5.74, 6) is 0.0837. The number of fused-ring (bicyclic) bond motifs is 1. The first-order chi connectivity index (χ1) is 12.5. The van der Waals surface area contributed by atoms with Crippen molar-refractivity contribution in [1.29, 1.82) is 0 Å². The second-order valence-corrected chi connectivity index (χ2v) is 5.33. The van der Waals surface area contributed by atoms with Crippen LogP contribution >= 0.6 is 0 Å². The van der Waals surface area contributed by atoms with E-state index in [1.165, 1.54) is 26.2 Å². The van der Waals surface area contributed by atoms with Gasteiger partial charge in [-0.25, -0.2) is 0 Å². The van der Waals surface area contributed by atoms with Gasteiger partial charge in [-0.1, -0.05) is 12.1 Å². The molecule has 0 aliphatic carbocycles. The molecule has 0 fully saturated rings. The maximum Gasteiger partial charge on any atom is 0.289 e. The van der Waals surface area contributed by atoms with E-state index < -0.39 is 16.5 Å². The minimum atomic E-state index is -0.659. The summed E-state index contributed by atoms with van der Waals surface area (Å²) in [6.07, 6.45) is 0. The maximum atomic E-state index is 13.1. The molecule has 0 unspecified atom stereocenters. The monoisotopic (exact) mass is 360 g/mol. The van der Waals surface area contributed by atoms with Gasteiger partial charge in [-0.3, -0.25) is 14.9 Å². The van der Waals surface area contributed by atoms with E-state index in [4.69, 9.17) is 18.9 Å². The summed E-state index contributed by atoms with van der Waals surface area (Å²) in [5.41, 5.74) is -0.206. The van der Waals surface area contributed by atoms with E-state index in [-0.39, 0.29) is 29.6 Å². The first kappa shape index (κ1) is 17.3. The van der Waals surface area contributed by atoms with Gasteiger partial charge in [0.2, 0.25) is 12.5 Å². The molecule has 0 saturated carbocycles. The molecule has 0 bridgehead atoms. The molecule has 0 radical (unpaired) electrons. The average Bonchev–Trinajstić information content (AvgIpc) is 3.13. The lowest BCUT2D eigenvalue weighted by atomic mass is 10.1. The van der Waals surface area contributed by atoms with Crippen LogP contribution in [0.15, 0.2) is 30.3 Å². The van der Waals surface area contributed by atoms with Crippen molar-refractivity contribution in [3.63, 3.8) is 0 Å². The van der Waals surface area contributed by atoms with Crippen molar-refractivity contribution in [2.75, 3.05) is 33.0 Å². The van der Waals surface area contributed by atoms with Gasteiger partial charge in [0, 0.05) is 7.05 Å². The normalized spacial score (nSPS) is 11.8. The summed E-state index contributed by atoms with van der Waals surface area (Å²) in [6, 6.07) is 8.00. The summed E-state index contributed by atoms with van der Waals surface area (Å²) in [7, 11) is 4.27. The number of benzene rings is 2. The Labute approximate surface area is 148 Å². The van der Waals surface area contributed by atoms with E-state index in [0.29, 0.717) is 11.4 Å². The molecule has 0 N–H and O–H groups in total. The summed E-state index contributed by atoms with van der Waals surface area (Å²) >= 11 is 0. The number of methoxy groups -OCH3 is 2. The Balaban J connectivity index is 2.16. The molecule has 136 valence electrons. The third-order valence-corrected chi connectivity index (χ3v) is 3.96. The second kappa shape index (κ2) is 6.79. The highest BCUT2D eigenvalue weighted by molar-refractivity contribution is 6.11. The fraction of sp³-hybridized carbons (Fsp3) is 0.235. The van der Waals surface area contributed by atoms with Gasteiger partial charge in [0.25, 0.3) is 11.6 Å². The fourth-order valence-corrected chi connectivity index (χ4v) is 2.73. The van der Waals surface area contributed by atoms with Crippen molar-refractivity contribution in [2.24, 2.45) is 0 Å². The number of amides is 1. The van der Waals surface area contributed by atoms with Crippen molar-refractivity contribution in [1.82, 2.24) is 0 Å². The second-order valence-electron chi connectivity index (χ2n) is 5.33. The Morgan fingerprint density at radius 2 is 1.96 bits per heavy atom. The van der Waals surface area contributed by atoms with Gasteiger partial charge in [0.15, 0.2) is 17.1 Å². The molecule has 2 aromatic rings. The predicted octanol–water partition coefficient (Wildman–Crippen LogP) is 2.62. The lowest BCUT2D eigenvalue weighted by Gasteiger charge is -2.21. The number of hydrogen-bond donors (Lipinski definition) is 0. The standard InChI is InChI=1S/C17H16N2O7/c1-18(10-6-4-5-7-12(10)23-2)17(20)14-11(19(21)22)8-13-15(16(14)24-3)26-9-25-13/h4-8H,9H2,1-3H3. The van der Waals surface area contributed by atoms with Crippen LogP contribution in [0.2, 0.25) is 0 Å². The van der Waals surface area contributed by atoms with Gasteiger partial charge in [-0.05, 0) is 12.1 Å². The summed E-state index contributed by atoms with van der Waals surface area (Å²) in [6.45, 7) is -0.108. The summed E-state index contributed by atoms with van der Waals surface area (Å²) < 4.78 is 21.0. The highest BCUT2D eigenvalue weighted by Crippen LogP contribution is 2.48. The number of nitro groups is 1. The van der Waals surface area contributed by atoms with Crippen LogP contribution in [0.25, 0.3) is 0 Å². The van der Waals surface area contributed by atoms with Crippen LogP contribution in [0, 0.1) is 10.1 Å². The molecule has 3 rings (SSSR count). The number of nitro benzene ring substituents is 1. The SMILES string of the molecule is COc1ccccc1N(C)C(=O)c1c([N+](=O)[O-])cc2c(c1OC)OCO2. The van der Waals surface area contributed by atoms with Crippen LogP contribution < -0.4 is 23.8 Å². The van der Waals surface area contributed by atoms with E-state index >= 15 is 0 Å². The topological polar surface area (TPSA) is 100 Å². The van der Waals surface area contributed by atoms with Gasteiger partial charge >= 0.3 is 0 Å². The van der Waals surface area contributed by atoms with Crippen LogP contribution in [-0.4, -0.2) is 38.9 Å². The average molecular weight is 360 g/mol. The van der Waals surface area contributed by atoms with Gasteiger partial charge < -0.3 is 23.8 Å². The predicted molar refractivity (Wildman–Crippen MR) is 91.5 cm³/mol. The lowest BCUT2D eigenvalue weighted by Crippen LogP contribution is -2.28. The van der Waals surface area contributed by atoms with Gasteiger partial charge in [0.1, 0.15) is 5.75 Å². The molecule has 0 spiro atoms. The highest BCUT2D eigenvalue weighted by atomic mass is 16.7. The molecular formula is C17H16N2O7. The molecule has 9 nitrogen and oxygen atoms in total. The Hall–Kier alpha value is -3.49. The minimum Gasteiger partial charge on any atom is -0.495 e. The van der Waals surface area contributed by atoms with Crippen molar-refractivity contribution < 1.29 is 28.7 Å². The smallest absolute Gasteiger partial charge is 0.289 e. The molecule has 1 amide bonds. The quantitative estimate of drug-likeness (QED) is 0.597. The van der Waals surface area contributed by atoms with Gasteiger partial charge in [0.05, 0.1) is 30.9 Å². The minimum absolute atomic E-state index is 0.0431. The van der Waals surface area contributed by atoms with Crippen LogP contribution in [0.5, 0.6) is 23.0 Å². The number of hydrogen-bond acceptors (Lipinski definition) is 7. The molecule has 2 aromatic carbocycles. The first-order valence-corrected chi connectivity index (χ1v) is 7.55. The van der Waals surface area contributed by atoms with Crippen LogP contribution in [0.4, 0.5) is 11.4 Å². The fourth-order valence-electron chi connectivity index (χ4n) is 2.73. The van der Waals surface area contributed by atoms with Crippen LogP contribution in [0.3, 0.4) is 0 Å². The summed E-state index contributed by atoms with van der Waals surface area (Å²) in [5, 5.41) is 11.5. The third kappa shape index (κ3) is 2.73. The van der Waals surface area contributed by atoms with E-state index in [1.807, 2.05) is 0 Å². The maximum absolute atomic E-state index is 13.1. The highest BCUT2D eigenvalue weighted by Gasteiger charge is 2.36. The number of carbonyl (C=O) groups is 1. The van der Waals surface area contributed by atoms with Crippen molar-refractivity contribution in [3.05, 3.63) is 46.0 Å². The number of para-hydroxylation sites is 2. The Bertz CT molecular complexity index is 882. The Morgan fingerprint density at radius 3 is 2.62 bits per heavy atom. The number of rotatable bonds is 5. The van der Waals surface area contributed by atoms with Crippen LogP contribution in [0.1, 0.15) is 10.4 Å². The van der Waals surface area contributed by atoms with E-state index in [9.17, 15) is 14.9 Å². The molecule has 0 atom stereocenters. The molecule has 0 saturated heterocycles. The van der Waals surface area contributed by atoms with Crippen molar-refractivity contribution in [3.8, 4) is 23.0 Å². The molecule has 1 aliphatic heterocycles. The zero-order chi connectivity index (χ0) is 18.8. The molecule has 0 aromatic heterocycles. The molecule has 26 heavy (non-hydrogen) atoms. The zero-order valence-electron chi connectivity index (χ0n) is 14.3. The third-order valence-electron chi connectivity index (χ3n) is 3.96. The molecule has 1 heterocycles. The largest absolute Gasteiger partial charge is 0.495 e. The van der Waals surface area contributed by atoms with E-state index in [2.05, 4.69) is 0 Å². The molecule has 9 heteroatoms. The van der Waals surface area contributed by atoms with Crippen molar-refractivity contribution >= 4 is 17.3 Å². The van der Waals surface area contributed by atoms with Gasteiger partial charge in [-0.2, -0.15) is 0 Å². The van der Waals surface area contributed by atoms with Crippen molar-refractivity contribution in [2.45, 2.75) is 0 Å². The molecular weight excluding hydrogens is 344 g/mol. The van der Waals surface area contributed by atoms with E-state index in [0.717, 1.165) is 6.07 Å². The number of nitrogens with zero attached hydrogens (tertiary/aromatic N) is 2.